The van der Waals surface area contributed by atoms with Crippen molar-refractivity contribution in [3.8, 4) is 11.6 Å². The molecule has 112 valence electrons. The number of nitrogens with one attached hydrogen (secondary N) is 1. The predicted octanol–water partition coefficient (Wildman–Crippen LogP) is 3.34. The van der Waals surface area contributed by atoms with E-state index in [0.29, 0.717) is 5.88 Å². The van der Waals surface area contributed by atoms with Crippen LogP contribution in [-0.4, -0.2) is 25.7 Å². The van der Waals surface area contributed by atoms with Crippen LogP contribution in [0, 0.1) is 0 Å². The van der Waals surface area contributed by atoms with Gasteiger partial charge in [-0.05, 0) is 49.7 Å². The molecule has 0 fully saturated rings. The van der Waals surface area contributed by atoms with Crippen LogP contribution in [0.3, 0.4) is 0 Å². The van der Waals surface area contributed by atoms with Crippen molar-refractivity contribution < 1.29 is 9.47 Å². The van der Waals surface area contributed by atoms with Gasteiger partial charge in [-0.25, -0.2) is 4.98 Å². The molecule has 1 aromatic heterocycles. The minimum atomic E-state index is 0.270. The van der Waals surface area contributed by atoms with Gasteiger partial charge in [-0.15, -0.1) is 0 Å². The molecule has 0 amide bonds. The predicted molar refractivity (Wildman–Crippen MR) is 83.8 cm³/mol. The summed E-state index contributed by atoms with van der Waals surface area (Å²) in [5.41, 5.74) is 2.38. The lowest BCUT2D eigenvalue weighted by Crippen LogP contribution is -2.12. The van der Waals surface area contributed by atoms with Crippen LogP contribution < -0.4 is 10.1 Å². The Morgan fingerprint density at radius 1 is 1.19 bits per heavy atom. The molecule has 0 bridgehead atoms. The molecule has 21 heavy (non-hydrogen) atoms. The Labute approximate surface area is 126 Å². The van der Waals surface area contributed by atoms with Gasteiger partial charge in [-0.1, -0.05) is 12.1 Å². The summed E-state index contributed by atoms with van der Waals surface area (Å²) in [7, 11) is 3.65. The van der Waals surface area contributed by atoms with Gasteiger partial charge in [-0.3, -0.25) is 0 Å². The number of ether oxygens (including phenoxy) is 2. The first-order valence-electron chi connectivity index (χ1n) is 7.12. The summed E-state index contributed by atoms with van der Waals surface area (Å²) in [6.07, 6.45) is 2.68. The Kier molecular flexibility index (Phi) is 5.72. The first kappa shape index (κ1) is 15.5. The zero-order valence-electron chi connectivity index (χ0n) is 12.8. The minimum absolute atomic E-state index is 0.270. The van der Waals surface area contributed by atoms with E-state index in [1.54, 1.807) is 13.3 Å². The van der Waals surface area contributed by atoms with Crippen molar-refractivity contribution in [1.82, 2.24) is 10.3 Å². The van der Waals surface area contributed by atoms with E-state index in [-0.39, 0.29) is 6.04 Å². The van der Waals surface area contributed by atoms with Crippen LogP contribution in [0.25, 0.3) is 0 Å². The number of methoxy groups -OCH3 is 1. The summed E-state index contributed by atoms with van der Waals surface area (Å²) in [6, 6.07) is 12.2. The molecule has 1 N–H and O–H groups in total. The Bertz CT molecular complexity index is 555. The average Bonchev–Trinajstić information content (AvgIpc) is 2.53. The average molecular weight is 286 g/mol. The molecular weight excluding hydrogens is 264 g/mol. The molecular formula is C17H22N2O2. The molecule has 0 saturated carbocycles. The monoisotopic (exact) mass is 286 g/mol. The van der Waals surface area contributed by atoms with Crippen LogP contribution in [-0.2, 0) is 11.2 Å². The van der Waals surface area contributed by atoms with E-state index in [1.807, 2.05) is 31.3 Å². The molecule has 4 nitrogen and oxygen atoms in total. The number of hydrogen-bond donors (Lipinski definition) is 1. The van der Waals surface area contributed by atoms with Crippen LogP contribution >= 0.6 is 0 Å². The maximum atomic E-state index is 5.80. The Morgan fingerprint density at radius 2 is 1.95 bits per heavy atom. The topological polar surface area (TPSA) is 43.4 Å². The van der Waals surface area contributed by atoms with Crippen molar-refractivity contribution >= 4 is 0 Å². The number of benzene rings is 1. The molecule has 0 saturated heterocycles. The number of nitrogens with zero attached hydrogens (tertiary/aromatic N) is 1. The second-order valence-electron chi connectivity index (χ2n) is 4.93. The first-order valence-corrected chi connectivity index (χ1v) is 7.12. The Hall–Kier alpha value is -1.91. The second-order valence-corrected chi connectivity index (χ2v) is 4.93. The first-order chi connectivity index (χ1) is 10.2. The molecule has 0 aliphatic rings. The third-order valence-electron chi connectivity index (χ3n) is 3.43. The molecule has 1 heterocycles. The number of hydrogen-bond acceptors (Lipinski definition) is 4. The highest BCUT2D eigenvalue weighted by molar-refractivity contribution is 5.32. The molecule has 0 aliphatic carbocycles. The Morgan fingerprint density at radius 3 is 2.62 bits per heavy atom. The highest BCUT2D eigenvalue weighted by Gasteiger charge is 2.05. The number of rotatable bonds is 7. The minimum Gasteiger partial charge on any atom is -0.439 e. The van der Waals surface area contributed by atoms with Crippen molar-refractivity contribution in [2.75, 3.05) is 20.8 Å². The molecule has 0 aliphatic heterocycles. The van der Waals surface area contributed by atoms with Gasteiger partial charge in [0.05, 0.1) is 6.61 Å². The summed E-state index contributed by atoms with van der Waals surface area (Å²) in [5.74, 6) is 1.40. The molecule has 4 heteroatoms. The van der Waals surface area contributed by atoms with Gasteiger partial charge < -0.3 is 14.8 Å². The summed E-state index contributed by atoms with van der Waals surface area (Å²) < 4.78 is 10.9. The summed E-state index contributed by atoms with van der Waals surface area (Å²) >= 11 is 0. The van der Waals surface area contributed by atoms with Crippen molar-refractivity contribution in [3.05, 3.63) is 53.7 Å². The van der Waals surface area contributed by atoms with Gasteiger partial charge in [0.15, 0.2) is 0 Å². The fraction of sp³-hybridized carbons (Fsp3) is 0.353. The van der Waals surface area contributed by atoms with E-state index in [0.717, 1.165) is 24.3 Å². The quantitative estimate of drug-likeness (QED) is 0.847. The highest BCUT2D eigenvalue weighted by Crippen LogP contribution is 2.22. The zero-order chi connectivity index (χ0) is 15.1. The summed E-state index contributed by atoms with van der Waals surface area (Å²) in [5, 5.41) is 3.20. The van der Waals surface area contributed by atoms with Gasteiger partial charge in [0.2, 0.25) is 5.88 Å². The van der Waals surface area contributed by atoms with Crippen molar-refractivity contribution in [3.63, 3.8) is 0 Å². The standard InChI is InChI=1S/C17H22N2O2/c1-13(18-2)15-8-10-19-17(12-15)21-16-6-4-14(5-7-16)9-11-20-3/h4-8,10,12-13,18H,9,11H2,1-3H3. The van der Waals surface area contributed by atoms with Gasteiger partial charge in [0.25, 0.3) is 0 Å². The summed E-state index contributed by atoms with van der Waals surface area (Å²) in [4.78, 5) is 4.25. The molecule has 2 aromatic rings. The summed E-state index contributed by atoms with van der Waals surface area (Å²) in [6.45, 7) is 2.83. The van der Waals surface area contributed by atoms with Gasteiger partial charge in [-0.2, -0.15) is 0 Å². The van der Waals surface area contributed by atoms with Gasteiger partial charge in [0, 0.05) is 25.4 Å². The zero-order valence-corrected chi connectivity index (χ0v) is 12.8. The van der Waals surface area contributed by atoms with Crippen molar-refractivity contribution in [1.29, 1.82) is 0 Å². The third-order valence-corrected chi connectivity index (χ3v) is 3.43. The lowest BCUT2D eigenvalue weighted by atomic mass is 10.1. The fourth-order valence-corrected chi connectivity index (χ4v) is 1.98. The van der Waals surface area contributed by atoms with E-state index < -0.39 is 0 Å². The largest absolute Gasteiger partial charge is 0.439 e. The molecule has 1 aromatic carbocycles. The van der Waals surface area contributed by atoms with E-state index in [1.165, 1.54) is 5.56 Å². The third kappa shape index (κ3) is 4.55. The second kappa shape index (κ2) is 7.76. The van der Waals surface area contributed by atoms with Crippen LogP contribution in [0.2, 0.25) is 0 Å². The van der Waals surface area contributed by atoms with Gasteiger partial charge in [0.1, 0.15) is 5.75 Å². The lowest BCUT2D eigenvalue weighted by Gasteiger charge is -2.12. The molecule has 1 unspecified atom stereocenters. The van der Waals surface area contributed by atoms with Crippen LogP contribution in [0.5, 0.6) is 11.6 Å². The smallest absolute Gasteiger partial charge is 0.219 e. The Balaban J connectivity index is 2.04. The van der Waals surface area contributed by atoms with Crippen molar-refractivity contribution in [2.45, 2.75) is 19.4 Å². The van der Waals surface area contributed by atoms with Crippen LogP contribution in [0.1, 0.15) is 24.1 Å². The fourth-order valence-electron chi connectivity index (χ4n) is 1.98. The van der Waals surface area contributed by atoms with Crippen molar-refractivity contribution in [2.24, 2.45) is 0 Å². The normalized spacial score (nSPS) is 12.1. The lowest BCUT2D eigenvalue weighted by molar-refractivity contribution is 0.202. The molecule has 0 spiro atoms. The van der Waals surface area contributed by atoms with E-state index in [4.69, 9.17) is 9.47 Å². The van der Waals surface area contributed by atoms with E-state index in [2.05, 4.69) is 29.4 Å². The maximum Gasteiger partial charge on any atom is 0.219 e. The van der Waals surface area contributed by atoms with Crippen LogP contribution in [0.15, 0.2) is 42.6 Å². The SMILES string of the molecule is CNC(C)c1ccnc(Oc2ccc(CCOC)cc2)c1. The molecule has 1 atom stereocenters. The number of pyridine rings is 1. The van der Waals surface area contributed by atoms with Crippen LogP contribution in [0.4, 0.5) is 0 Å². The van der Waals surface area contributed by atoms with Gasteiger partial charge >= 0.3 is 0 Å². The van der Waals surface area contributed by atoms with E-state index >= 15 is 0 Å². The maximum absolute atomic E-state index is 5.80. The molecule has 0 radical (unpaired) electrons. The highest BCUT2D eigenvalue weighted by atomic mass is 16.5. The number of aromatic nitrogens is 1. The molecule has 2 rings (SSSR count). The van der Waals surface area contributed by atoms with E-state index in [9.17, 15) is 0 Å².